The third-order valence-corrected chi connectivity index (χ3v) is 4.19. The van der Waals surface area contributed by atoms with E-state index in [0.29, 0.717) is 10.6 Å². The van der Waals surface area contributed by atoms with Gasteiger partial charge in [-0.15, -0.1) is 0 Å². The van der Waals surface area contributed by atoms with Crippen molar-refractivity contribution in [3.05, 3.63) is 72.7 Å². The summed E-state index contributed by atoms with van der Waals surface area (Å²) in [5.41, 5.74) is 0.696. The van der Waals surface area contributed by atoms with Crippen molar-refractivity contribution < 1.29 is 4.21 Å². The monoisotopic (exact) mass is 243 g/mol. The Balaban J connectivity index is 2.57. The highest BCUT2D eigenvalue weighted by Gasteiger charge is 2.07. The molecule has 3 heteroatoms. The van der Waals surface area contributed by atoms with Crippen molar-refractivity contribution >= 4 is 15.4 Å². The van der Waals surface area contributed by atoms with Crippen molar-refractivity contribution in [3.63, 3.8) is 0 Å². The fourth-order valence-corrected chi connectivity index (χ4v) is 2.80. The van der Waals surface area contributed by atoms with Crippen LogP contribution in [-0.2, 0) is 9.73 Å². The average molecular weight is 243 g/mol. The third-order valence-electron chi connectivity index (χ3n) is 2.30. The van der Waals surface area contributed by atoms with E-state index >= 15 is 0 Å². The van der Waals surface area contributed by atoms with Crippen LogP contribution in [0, 0.1) is 0 Å². The van der Waals surface area contributed by atoms with E-state index in [1.165, 1.54) is 5.41 Å². The number of rotatable bonds is 3. The van der Waals surface area contributed by atoms with Crippen molar-refractivity contribution in [3.8, 4) is 0 Å². The van der Waals surface area contributed by atoms with Crippen molar-refractivity contribution in [1.82, 2.24) is 0 Å². The second kappa shape index (κ2) is 4.97. The summed E-state index contributed by atoms with van der Waals surface area (Å²) < 4.78 is 16.9. The van der Waals surface area contributed by atoms with Gasteiger partial charge in [-0.2, -0.15) is 4.36 Å². The molecule has 0 aliphatic rings. The molecule has 0 spiro atoms. The molecule has 0 bridgehead atoms. The van der Waals surface area contributed by atoms with E-state index in [1.807, 2.05) is 48.5 Å². The molecular formula is C14H13NOS. The van der Waals surface area contributed by atoms with E-state index in [4.69, 9.17) is 0 Å². The molecule has 0 radical (unpaired) electrons. The quantitative estimate of drug-likeness (QED) is 0.801. The maximum Gasteiger partial charge on any atom is 0.101 e. The number of hydrogen-bond donors (Lipinski definition) is 0. The zero-order valence-corrected chi connectivity index (χ0v) is 10.1. The van der Waals surface area contributed by atoms with Gasteiger partial charge in [0.1, 0.15) is 9.73 Å². The van der Waals surface area contributed by atoms with Crippen LogP contribution >= 0.6 is 0 Å². The molecule has 1 unspecified atom stereocenters. The van der Waals surface area contributed by atoms with Gasteiger partial charge in [-0.05, 0) is 24.3 Å². The minimum Gasteiger partial charge on any atom is -0.240 e. The molecule has 0 fully saturated rings. The standard InChI is InChI=1S/C14H13NOS/c1-2-17(16,14-11-7-4-8-12-14)15-13-9-5-3-6-10-13/h2-12H,1H2. The molecule has 17 heavy (non-hydrogen) atoms. The Bertz CT molecular complexity index is 611. The Kier molecular flexibility index (Phi) is 3.40. The Morgan fingerprint density at radius 2 is 1.47 bits per heavy atom. The molecule has 0 aliphatic carbocycles. The summed E-state index contributed by atoms with van der Waals surface area (Å²) >= 11 is 0. The van der Waals surface area contributed by atoms with Crippen LogP contribution in [0.5, 0.6) is 0 Å². The van der Waals surface area contributed by atoms with Crippen LogP contribution < -0.4 is 0 Å². The van der Waals surface area contributed by atoms with Crippen LogP contribution in [0.25, 0.3) is 0 Å². The molecule has 2 nitrogen and oxygen atoms in total. The van der Waals surface area contributed by atoms with Crippen LogP contribution in [-0.4, -0.2) is 4.21 Å². The number of benzene rings is 2. The van der Waals surface area contributed by atoms with E-state index < -0.39 is 9.73 Å². The topological polar surface area (TPSA) is 29.4 Å². The highest BCUT2D eigenvalue weighted by atomic mass is 32.2. The predicted octanol–water partition coefficient (Wildman–Crippen LogP) is 3.99. The van der Waals surface area contributed by atoms with Gasteiger partial charge in [-0.25, -0.2) is 4.21 Å². The smallest absolute Gasteiger partial charge is 0.101 e. The van der Waals surface area contributed by atoms with Gasteiger partial charge in [0.25, 0.3) is 0 Å². The van der Waals surface area contributed by atoms with Crippen LogP contribution in [0.3, 0.4) is 0 Å². The minimum absolute atomic E-state index is 0.679. The maximum atomic E-state index is 12.6. The van der Waals surface area contributed by atoms with Gasteiger partial charge >= 0.3 is 0 Å². The molecule has 2 aromatic rings. The van der Waals surface area contributed by atoms with E-state index in [2.05, 4.69) is 10.9 Å². The van der Waals surface area contributed by atoms with E-state index in [-0.39, 0.29) is 0 Å². The summed E-state index contributed by atoms with van der Waals surface area (Å²) in [4.78, 5) is 0.679. The fourth-order valence-electron chi connectivity index (χ4n) is 1.45. The largest absolute Gasteiger partial charge is 0.240 e. The molecule has 0 saturated carbocycles. The molecule has 0 amide bonds. The first kappa shape index (κ1) is 11.6. The summed E-state index contributed by atoms with van der Waals surface area (Å²) in [6.07, 6.45) is 0. The normalized spacial score (nSPS) is 13.6. The van der Waals surface area contributed by atoms with Crippen molar-refractivity contribution in [1.29, 1.82) is 0 Å². The highest BCUT2D eigenvalue weighted by molar-refractivity contribution is 7.96. The van der Waals surface area contributed by atoms with Gasteiger partial charge in [0, 0.05) is 5.41 Å². The summed E-state index contributed by atoms with van der Waals surface area (Å²) in [5, 5.41) is 1.41. The Labute approximate surface area is 102 Å². The average Bonchev–Trinajstić information content (AvgIpc) is 2.41. The summed E-state index contributed by atoms with van der Waals surface area (Å²) in [6, 6.07) is 18.5. The Morgan fingerprint density at radius 1 is 0.941 bits per heavy atom. The molecule has 0 aromatic heterocycles. The number of nitrogens with zero attached hydrogens (tertiary/aromatic N) is 1. The van der Waals surface area contributed by atoms with Gasteiger partial charge in [0.05, 0.1) is 10.6 Å². The first-order valence-electron chi connectivity index (χ1n) is 5.24. The second-order valence-corrected chi connectivity index (χ2v) is 5.60. The van der Waals surface area contributed by atoms with E-state index in [1.54, 1.807) is 12.1 Å². The van der Waals surface area contributed by atoms with Gasteiger partial charge < -0.3 is 0 Å². The SMILES string of the molecule is C=CS(=O)(=Nc1ccccc1)c1ccccc1. The Morgan fingerprint density at radius 3 is 2.00 bits per heavy atom. The first-order valence-corrected chi connectivity index (χ1v) is 6.82. The molecule has 2 rings (SSSR count). The van der Waals surface area contributed by atoms with Crippen LogP contribution in [0.1, 0.15) is 0 Å². The lowest BCUT2D eigenvalue weighted by Gasteiger charge is -2.04. The first-order chi connectivity index (χ1) is 8.24. The minimum atomic E-state index is -2.57. The van der Waals surface area contributed by atoms with E-state index in [0.717, 1.165) is 0 Å². The van der Waals surface area contributed by atoms with Gasteiger partial charge in [0.15, 0.2) is 0 Å². The van der Waals surface area contributed by atoms with Crippen molar-refractivity contribution in [2.24, 2.45) is 4.36 Å². The molecule has 0 saturated heterocycles. The van der Waals surface area contributed by atoms with Gasteiger partial charge in [-0.1, -0.05) is 43.0 Å². The molecule has 86 valence electrons. The lowest BCUT2D eigenvalue weighted by atomic mass is 10.3. The molecular weight excluding hydrogens is 230 g/mol. The van der Waals surface area contributed by atoms with Crippen molar-refractivity contribution in [2.45, 2.75) is 4.90 Å². The second-order valence-electron chi connectivity index (χ2n) is 3.48. The summed E-state index contributed by atoms with van der Waals surface area (Å²) in [6.45, 7) is 3.64. The number of hydrogen-bond acceptors (Lipinski definition) is 2. The summed E-state index contributed by atoms with van der Waals surface area (Å²) in [7, 11) is -2.57. The summed E-state index contributed by atoms with van der Waals surface area (Å²) in [5.74, 6) is 0. The fraction of sp³-hybridized carbons (Fsp3) is 0. The Hall–Kier alpha value is -1.87. The molecule has 0 aliphatic heterocycles. The highest BCUT2D eigenvalue weighted by Crippen LogP contribution is 2.21. The van der Waals surface area contributed by atoms with Gasteiger partial charge in [-0.3, -0.25) is 0 Å². The maximum absolute atomic E-state index is 12.6. The van der Waals surface area contributed by atoms with Crippen molar-refractivity contribution in [2.75, 3.05) is 0 Å². The van der Waals surface area contributed by atoms with E-state index in [9.17, 15) is 4.21 Å². The van der Waals surface area contributed by atoms with Crippen LogP contribution in [0.2, 0.25) is 0 Å². The van der Waals surface area contributed by atoms with Gasteiger partial charge in [0.2, 0.25) is 0 Å². The predicted molar refractivity (Wildman–Crippen MR) is 71.6 cm³/mol. The molecule has 1 atom stereocenters. The lowest BCUT2D eigenvalue weighted by molar-refractivity contribution is 0.682. The zero-order valence-electron chi connectivity index (χ0n) is 9.32. The molecule has 2 aromatic carbocycles. The third kappa shape index (κ3) is 2.63. The molecule has 0 N–H and O–H groups in total. The van der Waals surface area contributed by atoms with Crippen LogP contribution in [0.4, 0.5) is 5.69 Å². The van der Waals surface area contributed by atoms with Crippen LogP contribution in [0.15, 0.2) is 81.9 Å². The lowest BCUT2D eigenvalue weighted by Crippen LogP contribution is -1.94. The zero-order chi connectivity index (χ0) is 12.1. The molecule has 0 heterocycles.